The maximum absolute atomic E-state index is 13.2. The van der Waals surface area contributed by atoms with Gasteiger partial charge in [-0.1, -0.05) is 35.9 Å². The number of carboxylic acids is 1. The van der Waals surface area contributed by atoms with Gasteiger partial charge < -0.3 is 30.5 Å². The summed E-state index contributed by atoms with van der Waals surface area (Å²) in [4.78, 5) is 49.9. The Hall–Kier alpha value is -4.86. The molecule has 0 unspecified atom stereocenters. The third-order valence-corrected chi connectivity index (χ3v) is 6.13. The molecule has 0 saturated carbocycles. The molecule has 0 spiro atoms. The first-order chi connectivity index (χ1) is 19.0. The van der Waals surface area contributed by atoms with Crippen molar-refractivity contribution in [1.29, 1.82) is 0 Å². The number of esters is 1. The molecule has 40 heavy (non-hydrogen) atoms. The second kappa shape index (κ2) is 13.3. The van der Waals surface area contributed by atoms with Crippen molar-refractivity contribution in [1.82, 2.24) is 5.32 Å². The number of urea groups is 1. The number of carbonyl (C=O) groups excluding carboxylic acids is 3. The lowest BCUT2D eigenvalue weighted by Gasteiger charge is -2.18. The van der Waals surface area contributed by atoms with E-state index < -0.39 is 36.3 Å². The number of methoxy groups -OCH3 is 1. The van der Waals surface area contributed by atoms with E-state index in [4.69, 9.17) is 9.47 Å². The van der Waals surface area contributed by atoms with Gasteiger partial charge in [0.1, 0.15) is 11.8 Å². The first-order valence-corrected chi connectivity index (χ1v) is 12.7. The number of anilines is 2. The molecule has 0 radical (unpaired) electrons. The van der Waals surface area contributed by atoms with Gasteiger partial charge >= 0.3 is 18.0 Å². The fourth-order valence-electron chi connectivity index (χ4n) is 4.28. The summed E-state index contributed by atoms with van der Waals surface area (Å²) in [6.45, 7) is 7.41. The van der Waals surface area contributed by atoms with Gasteiger partial charge in [-0.05, 0) is 74.2 Å². The molecule has 10 heteroatoms. The summed E-state index contributed by atoms with van der Waals surface area (Å²) < 4.78 is 10.0. The lowest BCUT2D eigenvalue weighted by molar-refractivity contribution is -0.149. The number of aliphatic carboxylic acids is 1. The van der Waals surface area contributed by atoms with Crippen molar-refractivity contribution in [2.75, 3.05) is 24.4 Å². The second-order valence-electron chi connectivity index (χ2n) is 9.22. The Morgan fingerprint density at radius 1 is 0.875 bits per heavy atom. The molecule has 0 aliphatic heterocycles. The number of hydrogen-bond donors (Lipinski definition) is 4. The van der Waals surface area contributed by atoms with E-state index in [0.29, 0.717) is 17.0 Å². The number of hydrogen-bond acceptors (Lipinski definition) is 6. The zero-order chi connectivity index (χ0) is 29.4. The van der Waals surface area contributed by atoms with Crippen LogP contribution in [0.15, 0.2) is 54.6 Å². The monoisotopic (exact) mass is 547 g/mol. The van der Waals surface area contributed by atoms with Crippen LogP contribution in [0.5, 0.6) is 5.75 Å². The van der Waals surface area contributed by atoms with Crippen molar-refractivity contribution in [3.8, 4) is 16.9 Å². The first-order valence-electron chi connectivity index (χ1n) is 12.7. The Bertz CT molecular complexity index is 1390. The Morgan fingerprint density at radius 3 is 2.08 bits per heavy atom. The number of benzene rings is 3. The normalized spacial score (nSPS) is 11.2. The molecule has 0 fully saturated rings. The average Bonchev–Trinajstić information content (AvgIpc) is 2.90. The molecule has 3 aromatic carbocycles. The van der Waals surface area contributed by atoms with Gasteiger partial charge in [0.25, 0.3) is 5.91 Å². The van der Waals surface area contributed by atoms with Crippen LogP contribution in [-0.2, 0) is 14.3 Å². The molecule has 0 heterocycles. The summed E-state index contributed by atoms with van der Waals surface area (Å²) in [5.74, 6) is -2.26. The largest absolute Gasteiger partial charge is 0.497 e. The SMILES string of the molecule is CCOC(=O)C[C@H](NC(=O)c1ccc(-c2ccc(OC)cc2)cc1NC(=O)Nc1c(C)cc(C)cc1C)C(=O)O. The fourth-order valence-corrected chi connectivity index (χ4v) is 4.28. The molecule has 210 valence electrons. The summed E-state index contributed by atoms with van der Waals surface area (Å²) >= 11 is 0. The van der Waals surface area contributed by atoms with Crippen LogP contribution in [0, 0.1) is 20.8 Å². The van der Waals surface area contributed by atoms with Crippen molar-refractivity contribution in [2.45, 2.75) is 40.2 Å². The van der Waals surface area contributed by atoms with E-state index >= 15 is 0 Å². The van der Waals surface area contributed by atoms with E-state index in [1.54, 1.807) is 38.3 Å². The van der Waals surface area contributed by atoms with Crippen LogP contribution >= 0.6 is 0 Å². The van der Waals surface area contributed by atoms with E-state index in [1.807, 2.05) is 45.0 Å². The van der Waals surface area contributed by atoms with Gasteiger partial charge in [-0.2, -0.15) is 0 Å². The molecule has 4 N–H and O–H groups in total. The van der Waals surface area contributed by atoms with Gasteiger partial charge in [-0.25, -0.2) is 9.59 Å². The van der Waals surface area contributed by atoms with Gasteiger partial charge in [0.2, 0.25) is 0 Å². The van der Waals surface area contributed by atoms with Gasteiger partial charge in [0, 0.05) is 5.69 Å². The molecule has 3 rings (SSSR count). The van der Waals surface area contributed by atoms with Crippen LogP contribution in [-0.4, -0.2) is 48.7 Å². The minimum Gasteiger partial charge on any atom is -0.497 e. The molecule has 10 nitrogen and oxygen atoms in total. The van der Waals surface area contributed by atoms with E-state index in [9.17, 15) is 24.3 Å². The zero-order valence-electron chi connectivity index (χ0n) is 23.1. The third kappa shape index (κ3) is 7.59. The molecular weight excluding hydrogens is 514 g/mol. The number of ether oxygens (including phenoxy) is 2. The molecule has 3 amide bonds. The molecule has 0 aliphatic rings. The smallest absolute Gasteiger partial charge is 0.326 e. The number of nitrogens with one attached hydrogen (secondary N) is 3. The molecule has 0 aliphatic carbocycles. The highest BCUT2D eigenvalue weighted by atomic mass is 16.5. The quantitative estimate of drug-likeness (QED) is 0.260. The van der Waals surface area contributed by atoms with E-state index in [-0.39, 0.29) is 17.9 Å². The van der Waals surface area contributed by atoms with Crippen LogP contribution in [0.3, 0.4) is 0 Å². The highest BCUT2D eigenvalue weighted by molar-refractivity contribution is 6.08. The highest BCUT2D eigenvalue weighted by Gasteiger charge is 2.26. The summed E-state index contributed by atoms with van der Waals surface area (Å²) in [5.41, 5.74) is 5.10. The molecule has 1 atom stereocenters. The van der Waals surface area contributed by atoms with Crippen molar-refractivity contribution in [3.05, 3.63) is 76.9 Å². The van der Waals surface area contributed by atoms with Crippen LogP contribution in [0.1, 0.15) is 40.4 Å². The highest BCUT2D eigenvalue weighted by Crippen LogP contribution is 2.28. The van der Waals surface area contributed by atoms with Gasteiger partial charge in [-0.3, -0.25) is 9.59 Å². The molecule has 0 aromatic heterocycles. The predicted molar refractivity (Wildman–Crippen MR) is 152 cm³/mol. The third-order valence-electron chi connectivity index (χ3n) is 6.13. The van der Waals surface area contributed by atoms with Crippen molar-refractivity contribution in [2.24, 2.45) is 0 Å². The van der Waals surface area contributed by atoms with Crippen molar-refractivity contribution >= 4 is 35.3 Å². The topological polar surface area (TPSA) is 143 Å². The van der Waals surface area contributed by atoms with Crippen LogP contribution < -0.4 is 20.7 Å². The lowest BCUT2D eigenvalue weighted by Crippen LogP contribution is -2.42. The van der Waals surface area contributed by atoms with Crippen molar-refractivity contribution in [3.63, 3.8) is 0 Å². The maximum Gasteiger partial charge on any atom is 0.326 e. The second-order valence-corrected chi connectivity index (χ2v) is 9.22. The Morgan fingerprint density at radius 2 is 1.50 bits per heavy atom. The number of carboxylic acid groups (broad SMARTS) is 1. The minimum atomic E-state index is -1.52. The zero-order valence-corrected chi connectivity index (χ0v) is 23.1. The number of carbonyl (C=O) groups is 4. The lowest BCUT2D eigenvalue weighted by atomic mass is 10.0. The number of rotatable bonds is 10. The minimum absolute atomic E-state index is 0.0138. The predicted octanol–water partition coefficient (Wildman–Crippen LogP) is 5.07. The average molecular weight is 548 g/mol. The Kier molecular flexibility index (Phi) is 9.86. The molecule has 0 bridgehead atoms. The Balaban J connectivity index is 1.95. The number of amides is 3. The van der Waals surface area contributed by atoms with E-state index in [1.165, 1.54) is 6.07 Å². The Labute approximate surface area is 232 Å². The van der Waals surface area contributed by atoms with Gasteiger partial charge in [-0.15, -0.1) is 0 Å². The molecular formula is C30H33N3O7. The summed E-state index contributed by atoms with van der Waals surface area (Å²) in [6, 6.07) is 13.8. The molecule has 3 aromatic rings. The van der Waals surface area contributed by atoms with E-state index in [0.717, 1.165) is 22.3 Å². The standard InChI is InChI=1S/C30H33N3O7/c1-6-40-26(34)16-25(29(36)37)31-28(35)23-12-9-21(20-7-10-22(39-5)11-8-20)15-24(23)32-30(38)33-27-18(3)13-17(2)14-19(27)4/h7-15,25H,6,16H2,1-5H3,(H,31,35)(H,36,37)(H2,32,33,38)/t25-/m0/s1. The summed E-state index contributed by atoms with van der Waals surface area (Å²) in [5, 5.41) is 17.5. The van der Waals surface area contributed by atoms with Crippen molar-refractivity contribution < 1.29 is 33.8 Å². The maximum atomic E-state index is 13.2. The van der Waals surface area contributed by atoms with E-state index in [2.05, 4.69) is 16.0 Å². The molecule has 0 saturated heterocycles. The fraction of sp³-hybridized carbons (Fsp3) is 0.267. The van der Waals surface area contributed by atoms with Crippen LogP contribution in [0.25, 0.3) is 11.1 Å². The number of aryl methyl sites for hydroxylation is 3. The van der Waals surface area contributed by atoms with Gasteiger partial charge in [0.15, 0.2) is 0 Å². The summed E-state index contributed by atoms with van der Waals surface area (Å²) in [7, 11) is 1.56. The van der Waals surface area contributed by atoms with Crippen LogP contribution in [0.4, 0.5) is 16.2 Å². The van der Waals surface area contributed by atoms with Gasteiger partial charge in [0.05, 0.1) is 31.4 Å². The first kappa shape index (κ1) is 29.7. The van der Waals surface area contributed by atoms with Crippen LogP contribution in [0.2, 0.25) is 0 Å². The summed E-state index contributed by atoms with van der Waals surface area (Å²) in [6.07, 6.45) is -0.548.